The van der Waals surface area contributed by atoms with Gasteiger partial charge >= 0.3 is 5.97 Å². The quantitative estimate of drug-likeness (QED) is 0.462. The van der Waals surface area contributed by atoms with Crippen molar-refractivity contribution >= 4 is 22.7 Å². The molecular weight excluding hydrogens is 440 g/mol. The van der Waals surface area contributed by atoms with Crippen molar-refractivity contribution in [3.05, 3.63) is 69.5 Å². The molecular formula is C25H26N2O7. The van der Waals surface area contributed by atoms with E-state index in [0.717, 1.165) is 19.6 Å². The maximum absolute atomic E-state index is 12.9. The molecule has 0 saturated carbocycles. The third kappa shape index (κ3) is 5.44. The first-order chi connectivity index (χ1) is 16.4. The van der Waals surface area contributed by atoms with Crippen LogP contribution in [0, 0.1) is 0 Å². The normalized spacial score (nSPS) is 14.1. The number of carbonyl (C=O) groups excluding carboxylic acids is 1. The largest absolute Gasteiger partial charge is 0.493 e. The number of fused-ring (bicyclic) bond motifs is 1. The van der Waals surface area contributed by atoms with Gasteiger partial charge in [-0.15, -0.1) is 0 Å². The predicted octanol–water partition coefficient (Wildman–Crippen LogP) is 2.37. The summed E-state index contributed by atoms with van der Waals surface area (Å²) in [6.07, 6.45) is -0.0885. The molecule has 178 valence electrons. The zero-order valence-corrected chi connectivity index (χ0v) is 18.8. The van der Waals surface area contributed by atoms with Crippen LogP contribution in [0.2, 0.25) is 0 Å². The van der Waals surface area contributed by atoms with Gasteiger partial charge in [-0.3, -0.25) is 14.5 Å². The third-order valence-electron chi connectivity index (χ3n) is 5.74. The van der Waals surface area contributed by atoms with Gasteiger partial charge in [-0.2, -0.15) is 0 Å². The minimum absolute atomic E-state index is 0.00217. The topological polar surface area (TPSA) is 118 Å². The van der Waals surface area contributed by atoms with E-state index in [2.05, 4.69) is 9.88 Å². The van der Waals surface area contributed by atoms with Gasteiger partial charge in [0, 0.05) is 37.5 Å². The van der Waals surface area contributed by atoms with Gasteiger partial charge in [0.1, 0.15) is 6.61 Å². The van der Waals surface area contributed by atoms with Crippen LogP contribution in [0.4, 0.5) is 0 Å². The molecule has 1 saturated heterocycles. The smallest absolute Gasteiger partial charge is 0.335 e. The Kier molecular flexibility index (Phi) is 7.24. The first kappa shape index (κ1) is 23.5. The lowest BCUT2D eigenvalue weighted by atomic mass is 10.0. The average molecular weight is 466 g/mol. The number of nitrogens with zero attached hydrogens (tertiary/aromatic N) is 1. The van der Waals surface area contributed by atoms with Gasteiger partial charge in [0.25, 0.3) is 5.56 Å². The number of pyridine rings is 1. The molecule has 0 bridgehead atoms. The van der Waals surface area contributed by atoms with Crippen molar-refractivity contribution in [2.75, 3.05) is 46.6 Å². The molecule has 2 heterocycles. The number of aromatic carboxylic acids is 1. The summed E-state index contributed by atoms with van der Waals surface area (Å²) in [6.45, 7) is 4.35. The highest BCUT2D eigenvalue weighted by Crippen LogP contribution is 2.31. The van der Waals surface area contributed by atoms with E-state index in [1.54, 1.807) is 24.3 Å². The predicted molar refractivity (Wildman–Crippen MR) is 125 cm³/mol. The van der Waals surface area contributed by atoms with Gasteiger partial charge in [0.2, 0.25) is 0 Å². The van der Waals surface area contributed by atoms with E-state index in [1.165, 1.54) is 25.3 Å². The number of carboxylic acids is 1. The molecule has 1 aliphatic rings. The summed E-state index contributed by atoms with van der Waals surface area (Å²) in [7, 11) is 1.53. The molecule has 9 nitrogen and oxygen atoms in total. The Labute approximate surface area is 195 Å². The number of hydrogen-bond acceptors (Lipinski definition) is 7. The Hall–Kier alpha value is -3.69. The van der Waals surface area contributed by atoms with Crippen LogP contribution in [0.1, 0.15) is 26.3 Å². The fourth-order valence-electron chi connectivity index (χ4n) is 3.90. The van der Waals surface area contributed by atoms with Crippen molar-refractivity contribution < 1.29 is 28.9 Å². The molecule has 2 aromatic carbocycles. The zero-order valence-electron chi connectivity index (χ0n) is 18.8. The summed E-state index contributed by atoms with van der Waals surface area (Å²) in [5.41, 5.74) is 0.606. The molecule has 9 heteroatoms. The second-order valence-corrected chi connectivity index (χ2v) is 8.01. The van der Waals surface area contributed by atoms with Crippen LogP contribution in [0.25, 0.3) is 10.9 Å². The number of carboxylic acid groups (broad SMARTS) is 1. The highest BCUT2D eigenvalue weighted by atomic mass is 16.5. The van der Waals surface area contributed by atoms with E-state index in [9.17, 15) is 14.4 Å². The molecule has 0 amide bonds. The number of Topliss-reactive ketones (excluding diaryl/α,β-unsaturated/α-hetero) is 1. The van der Waals surface area contributed by atoms with Gasteiger partial charge in [0.15, 0.2) is 17.3 Å². The van der Waals surface area contributed by atoms with Crippen molar-refractivity contribution in [2.24, 2.45) is 0 Å². The molecule has 3 aromatic rings. The van der Waals surface area contributed by atoms with Gasteiger partial charge in [-0.05, 0) is 29.8 Å². The maximum atomic E-state index is 12.9. The van der Waals surface area contributed by atoms with Crippen LogP contribution in [0.3, 0.4) is 0 Å². The van der Waals surface area contributed by atoms with Gasteiger partial charge in [-0.25, -0.2) is 4.79 Å². The number of methoxy groups -OCH3 is 1. The van der Waals surface area contributed by atoms with Crippen LogP contribution < -0.4 is 15.0 Å². The first-order valence-corrected chi connectivity index (χ1v) is 11.0. The number of hydrogen-bond donors (Lipinski definition) is 2. The van der Waals surface area contributed by atoms with E-state index >= 15 is 0 Å². The molecule has 1 aromatic heterocycles. The Morgan fingerprint density at radius 1 is 1.12 bits per heavy atom. The molecule has 0 radical (unpaired) electrons. The minimum Gasteiger partial charge on any atom is -0.493 e. The number of rotatable bonds is 9. The number of nitrogens with one attached hydrogen (secondary N) is 1. The maximum Gasteiger partial charge on any atom is 0.335 e. The van der Waals surface area contributed by atoms with Gasteiger partial charge < -0.3 is 24.3 Å². The van der Waals surface area contributed by atoms with E-state index in [4.69, 9.17) is 19.3 Å². The summed E-state index contributed by atoms with van der Waals surface area (Å²) in [5, 5.41) is 9.79. The SMILES string of the molecule is COc1cc2[nH]c(=O)c(C(=O)Cc3cccc(C(=O)O)c3)cc2cc1OCCN1CCOCC1. The Morgan fingerprint density at radius 2 is 1.91 bits per heavy atom. The van der Waals surface area contributed by atoms with Crippen LogP contribution in [-0.2, 0) is 11.2 Å². The molecule has 0 aliphatic carbocycles. The third-order valence-corrected chi connectivity index (χ3v) is 5.74. The molecule has 1 fully saturated rings. The summed E-state index contributed by atoms with van der Waals surface area (Å²) in [5.74, 6) is -0.484. The highest BCUT2D eigenvalue weighted by Gasteiger charge is 2.16. The van der Waals surface area contributed by atoms with Gasteiger partial charge in [0.05, 0.1) is 37.0 Å². The number of morpholine rings is 1. The molecule has 1 aliphatic heterocycles. The van der Waals surface area contributed by atoms with Crippen molar-refractivity contribution in [2.45, 2.75) is 6.42 Å². The van der Waals surface area contributed by atoms with Gasteiger partial charge in [-0.1, -0.05) is 12.1 Å². The number of aromatic nitrogens is 1. The van der Waals surface area contributed by atoms with E-state index in [0.29, 0.717) is 47.8 Å². The van der Waals surface area contributed by atoms with Crippen molar-refractivity contribution in [1.29, 1.82) is 0 Å². The molecule has 0 unspecified atom stereocenters. The number of H-pyrrole nitrogens is 1. The molecule has 4 rings (SSSR count). The second-order valence-electron chi connectivity index (χ2n) is 8.01. The number of benzene rings is 2. The van der Waals surface area contributed by atoms with Crippen molar-refractivity contribution in [1.82, 2.24) is 9.88 Å². The first-order valence-electron chi connectivity index (χ1n) is 11.0. The lowest BCUT2D eigenvalue weighted by Crippen LogP contribution is -2.38. The van der Waals surface area contributed by atoms with Crippen LogP contribution >= 0.6 is 0 Å². The van der Waals surface area contributed by atoms with Crippen molar-refractivity contribution in [3.8, 4) is 11.5 Å². The summed E-state index contributed by atoms with van der Waals surface area (Å²) >= 11 is 0. The van der Waals surface area contributed by atoms with Crippen LogP contribution in [0.15, 0.2) is 47.3 Å². The summed E-state index contributed by atoms with van der Waals surface area (Å²) in [4.78, 5) is 41.7. The minimum atomic E-state index is -1.08. The van der Waals surface area contributed by atoms with Crippen LogP contribution in [-0.4, -0.2) is 73.3 Å². The molecule has 0 spiro atoms. The molecule has 2 N–H and O–H groups in total. The highest BCUT2D eigenvalue weighted by molar-refractivity contribution is 6.00. The fraction of sp³-hybridized carbons (Fsp3) is 0.320. The van der Waals surface area contributed by atoms with E-state index in [-0.39, 0.29) is 17.5 Å². The monoisotopic (exact) mass is 466 g/mol. The Balaban J connectivity index is 1.55. The lowest BCUT2D eigenvalue weighted by molar-refractivity contribution is 0.0321. The second kappa shape index (κ2) is 10.5. The molecule has 0 atom stereocenters. The Morgan fingerprint density at radius 3 is 2.65 bits per heavy atom. The number of ether oxygens (including phenoxy) is 3. The number of aromatic amines is 1. The lowest BCUT2D eigenvalue weighted by Gasteiger charge is -2.26. The summed E-state index contributed by atoms with van der Waals surface area (Å²) < 4.78 is 16.7. The number of ketones is 1. The summed E-state index contributed by atoms with van der Waals surface area (Å²) in [6, 6.07) is 11.1. The van der Waals surface area contributed by atoms with Crippen LogP contribution in [0.5, 0.6) is 11.5 Å². The fourth-order valence-corrected chi connectivity index (χ4v) is 3.90. The standard InChI is InChI=1S/C25H26N2O7/c1-32-22-15-20-18(14-23(22)34-10-7-27-5-8-33-9-6-27)13-19(24(29)26-20)21(28)12-16-3-2-4-17(11-16)25(30)31/h2-4,11,13-15H,5-10,12H2,1H3,(H,26,29)(H,30,31). The average Bonchev–Trinajstić information content (AvgIpc) is 2.84. The Bertz CT molecular complexity index is 1260. The zero-order chi connectivity index (χ0) is 24.1. The number of carbonyl (C=O) groups is 2. The van der Waals surface area contributed by atoms with E-state index in [1.807, 2.05) is 0 Å². The molecule has 34 heavy (non-hydrogen) atoms. The van der Waals surface area contributed by atoms with Crippen molar-refractivity contribution in [3.63, 3.8) is 0 Å². The van der Waals surface area contributed by atoms with E-state index < -0.39 is 17.3 Å².